The fraction of sp³-hybridized carbons (Fsp3) is 0.300. The first-order valence-electron chi connectivity index (χ1n) is 4.51. The largest absolute Gasteiger partial charge is 0.342 e. The standard InChI is InChI=1S/C10H10N2S/c1-2-7(1)9-5-11-10(12-9)8-3-4-13-6-8/h3-7H,1-2H2,(H,11,12). The number of nitrogens with one attached hydrogen (secondary N) is 1. The summed E-state index contributed by atoms with van der Waals surface area (Å²) >= 11 is 1.71. The van der Waals surface area contributed by atoms with Crippen LogP contribution in [0, 0.1) is 0 Å². The van der Waals surface area contributed by atoms with Gasteiger partial charge in [-0.1, -0.05) is 0 Å². The minimum atomic E-state index is 0.764. The number of aromatic nitrogens is 2. The number of H-pyrrole nitrogens is 1. The lowest BCUT2D eigenvalue weighted by Gasteiger charge is -1.90. The molecule has 0 bridgehead atoms. The highest BCUT2D eigenvalue weighted by molar-refractivity contribution is 7.08. The van der Waals surface area contributed by atoms with E-state index in [1.54, 1.807) is 11.3 Å². The van der Waals surface area contributed by atoms with Crippen molar-refractivity contribution in [1.29, 1.82) is 0 Å². The fourth-order valence-corrected chi connectivity index (χ4v) is 2.12. The van der Waals surface area contributed by atoms with E-state index in [9.17, 15) is 0 Å². The minimum absolute atomic E-state index is 0.764. The summed E-state index contributed by atoms with van der Waals surface area (Å²) in [5.41, 5.74) is 2.51. The van der Waals surface area contributed by atoms with Crippen molar-refractivity contribution in [1.82, 2.24) is 9.97 Å². The Hall–Kier alpha value is -1.09. The van der Waals surface area contributed by atoms with Crippen LogP contribution in [0.3, 0.4) is 0 Å². The Bertz CT molecular complexity index is 398. The molecule has 0 aliphatic heterocycles. The zero-order valence-electron chi connectivity index (χ0n) is 7.16. The second-order valence-electron chi connectivity index (χ2n) is 3.47. The maximum Gasteiger partial charge on any atom is 0.138 e. The SMILES string of the molecule is c1cc(-c2ncc(C3CC3)[nH]2)cs1. The van der Waals surface area contributed by atoms with E-state index in [-0.39, 0.29) is 0 Å². The van der Waals surface area contributed by atoms with Gasteiger partial charge in [0, 0.05) is 28.8 Å². The van der Waals surface area contributed by atoms with E-state index in [0.29, 0.717) is 0 Å². The van der Waals surface area contributed by atoms with Gasteiger partial charge in [0.15, 0.2) is 0 Å². The summed E-state index contributed by atoms with van der Waals surface area (Å²) in [6, 6.07) is 2.10. The third-order valence-corrected chi connectivity index (χ3v) is 3.09. The first-order valence-corrected chi connectivity index (χ1v) is 5.45. The van der Waals surface area contributed by atoms with Gasteiger partial charge in [0.25, 0.3) is 0 Å². The molecule has 1 fully saturated rings. The molecule has 66 valence electrons. The van der Waals surface area contributed by atoms with Crippen LogP contribution < -0.4 is 0 Å². The monoisotopic (exact) mass is 190 g/mol. The average molecular weight is 190 g/mol. The van der Waals surface area contributed by atoms with Crippen molar-refractivity contribution in [3.05, 3.63) is 28.7 Å². The zero-order valence-corrected chi connectivity index (χ0v) is 7.97. The molecule has 0 radical (unpaired) electrons. The molecule has 2 heterocycles. The molecule has 3 rings (SSSR count). The minimum Gasteiger partial charge on any atom is -0.342 e. The van der Waals surface area contributed by atoms with E-state index in [1.165, 1.54) is 24.1 Å². The molecule has 13 heavy (non-hydrogen) atoms. The third kappa shape index (κ3) is 1.29. The van der Waals surface area contributed by atoms with Crippen molar-refractivity contribution in [3.8, 4) is 11.4 Å². The van der Waals surface area contributed by atoms with Gasteiger partial charge in [-0.2, -0.15) is 11.3 Å². The number of nitrogens with zero attached hydrogens (tertiary/aromatic N) is 1. The molecule has 0 saturated heterocycles. The summed E-state index contributed by atoms with van der Waals surface area (Å²) in [4.78, 5) is 7.74. The second kappa shape index (κ2) is 2.70. The molecule has 0 unspecified atom stereocenters. The molecule has 1 N–H and O–H groups in total. The number of thiophene rings is 1. The van der Waals surface area contributed by atoms with Crippen LogP contribution in [0.5, 0.6) is 0 Å². The lowest BCUT2D eigenvalue weighted by atomic mass is 10.3. The summed E-state index contributed by atoms with van der Waals surface area (Å²) in [5, 5.41) is 4.20. The molecule has 1 aliphatic rings. The highest BCUT2D eigenvalue weighted by Gasteiger charge is 2.25. The predicted molar refractivity (Wildman–Crippen MR) is 53.9 cm³/mol. The average Bonchev–Trinajstić information content (AvgIpc) is 2.72. The highest BCUT2D eigenvalue weighted by Crippen LogP contribution is 2.39. The highest BCUT2D eigenvalue weighted by atomic mass is 32.1. The lowest BCUT2D eigenvalue weighted by molar-refractivity contribution is 1.05. The fourth-order valence-electron chi connectivity index (χ4n) is 1.48. The number of imidazole rings is 1. The normalized spacial score (nSPS) is 16.3. The Balaban J connectivity index is 1.97. The Morgan fingerprint density at radius 2 is 2.38 bits per heavy atom. The van der Waals surface area contributed by atoms with Gasteiger partial charge in [0.2, 0.25) is 0 Å². The smallest absolute Gasteiger partial charge is 0.138 e. The number of hydrogen-bond donors (Lipinski definition) is 1. The van der Waals surface area contributed by atoms with Crippen LogP contribution in [-0.4, -0.2) is 9.97 Å². The molecule has 0 aromatic carbocycles. The van der Waals surface area contributed by atoms with Gasteiger partial charge in [-0.3, -0.25) is 0 Å². The first-order chi connectivity index (χ1) is 6.43. The molecule has 3 heteroatoms. The van der Waals surface area contributed by atoms with Crippen LogP contribution in [0.4, 0.5) is 0 Å². The van der Waals surface area contributed by atoms with Crippen LogP contribution in [-0.2, 0) is 0 Å². The number of rotatable bonds is 2. The zero-order chi connectivity index (χ0) is 8.67. The molecule has 1 aliphatic carbocycles. The van der Waals surface area contributed by atoms with Crippen LogP contribution in [0.2, 0.25) is 0 Å². The Morgan fingerprint density at radius 3 is 3.08 bits per heavy atom. The number of hydrogen-bond acceptors (Lipinski definition) is 2. The lowest BCUT2D eigenvalue weighted by Crippen LogP contribution is -1.78. The van der Waals surface area contributed by atoms with Crippen molar-refractivity contribution < 1.29 is 0 Å². The third-order valence-electron chi connectivity index (χ3n) is 2.41. The molecule has 2 aromatic rings. The molecular weight excluding hydrogens is 180 g/mol. The van der Waals surface area contributed by atoms with E-state index < -0.39 is 0 Å². The molecule has 0 spiro atoms. The Kier molecular flexibility index (Phi) is 1.52. The Morgan fingerprint density at radius 1 is 1.46 bits per heavy atom. The van der Waals surface area contributed by atoms with Crippen LogP contribution in [0.25, 0.3) is 11.4 Å². The van der Waals surface area contributed by atoms with Gasteiger partial charge in [-0.25, -0.2) is 4.98 Å². The van der Waals surface area contributed by atoms with Gasteiger partial charge in [-0.15, -0.1) is 0 Å². The van der Waals surface area contributed by atoms with E-state index in [1.807, 2.05) is 6.20 Å². The summed E-state index contributed by atoms with van der Waals surface area (Å²) < 4.78 is 0. The van der Waals surface area contributed by atoms with Crippen LogP contribution >= 0.6 is 11.3 Å². The first kappa shape index (κ1) is 7.33. The summed E-state index contributed by atoms with van der Waals surface area (Å²) in [5.74, 6) is 1.78. The quantitative estimate of drug-likeness (QED) is 0.774. The van der Waals surface area contributed by atoms with Crippen molar-refractivity contribution in [2.75, 3.05) is 0 Å². The van der Waals surface area contributed by atoms with E-state index in [0.717, 1.165) is 11.7 Å². The topological polar surface area (TPSA) is 28.7 Å². The molecule has 2 aromatic heterocycles. The van der Waals surface area contributed by atoms with Gasteiger partial charge in [0.05, 0.1) is 0 Å². The van der Waals surface area contributed by atoms with Crippen molar-refractivity contribution in [3.63, 3.8) is 0 Å². The van der Waals surface area contributed by atoms with Crippen molar-refractivity contribution >= 4 is 11.3 Å². The van der Waals surface area contributed by atoms with E-state index >= 15 is 0 Å². The van der Waals surface area contributed by atoms with Gasteiger partial charge < -0.3 is 4.98 Å². The predicted octanol–water partition coefficient (Wildman–Crippen LogP) is 3.02. The summed E-state index contributed by atoms with van der Waals surface area (Å²) in [6.07, 6.45) is 4.63. The van der Waals surface area contributed by atoms with Crippen molar-refractivity contribution in [2.24, 2.45) is 0 Å². The Labute approximate surface area is 80.6 Å². The van der Waals surface area contributed by atoms with Gasteiger partial charge in [-0.05, 0) is 24.3 Å². The van der Waals surface area contributed by atoms with Gasteiger partial charge >= 0.3 is 0 Å². The molecule has 0 amide bonds. The summed E-state index contributed by atoms with van der Waals surface area (Å²) in [7, 11) is 0. The number of aromatic amines is 1. The molecular formula is C10H10N2S. The van der Waals surface area contributed by atoms with Crippen LogP contribution in [0.1, 0.15) is 24.5 Å². The van der Waals surface area contributed by atoms with E-state index in [4.69, 9.17) is 0 Å². The molecule has 2 nitrogen and oxygen atoms in total. The van der Waals surface area contributed by atoms with Crippen molar-refractivity contribution in [2.45, 2.75) is 18.8 Å². The molecule has 0 atom stereocenters. The summed E-state index contributed by atoms with van der Waals surface area (Å²) in [6.45, 7) is 0. The maximum absolute atomic E-state index is 4.37. The van der Waals surface area contributed by atoms with E-state index in [2.05, 4.69) is 26.8 Å². The molecule has 1 saturated carbocycles. The maximum atomic E-state index is 4.37. The van der Waals surface area contributed by atoms with Crippen LogP contribution in [0.15, 0.2) is 23.0 Å². The van der Waals surface area contributed by atoms with Gasteiger partial charge in [0.1, 0.15) is 5.82 Å². The second-order valence-corrected chi connectivity index (χ2v) is 4.25.